The fraction of sp³-hybridized carbons (Fsp3) is 0.133. The number of carbonyl (C=O) groups is 1. The quantitative estimate of drug-likeness (QED) is 0.883. The van der Waals surface area contributed by atoms with E-state index in [1.807, 2.05) is 0 Å². The largest absolute Gasteiger partial charge is 0.497 e. The number of rotatable bonds is 5. The summed E-state index contributed by atoms with van der Waals surface area (Å²) in [5.41, 5.74) is 0.880. The van der Waals surface area contributed by atoms with Crippen LogP contribution >= 0.6 is 11.6 Å². The lowest BCUT2D eigenvalue weighted by Crippen LogP contribution is -2.20. The van der Waals surface area contributed by atoms with Crippen molar-refractivity contribution in [2.24, 2.45) is 0 Å². The molecule has 2 N–H and O–H groups in total. The molecule has 6 heteroatoms. The molecule has 1 unspecified atom stereocenters. The second-order valence-electron chi connectivity index (χ2n) is 4.31. The van der Waals surface area contributed by atoms with E-state index >= 15 is 0 Å². The smallest absolute Gasteiger partial charge is 0.330 e. The highest BCUT2D eigenvalue weighted by atomic mass is 35.5. The Morgan fingerprint density at radius 1 is 1.29 bits per heavy atom. The molecule has 2 rings (SSSR count). The van der Waals surface area contributed by atoms with Crippen molar-refractivity contribution in [3.8, 4) is 5.75 Å². The Hall–Kier alpha value is -2.27. The van der Waals surface area contributed by atoms with Crippen molar-refractivity contribution in [3.05, 3.63) is 58.9 Å². The molecule has 0 spiro atoms. The van der Waals surface area contributed by atoms with E-state index in [0.717, 1.165) is 6.07 Å². The van der Waals surface area contributed by atoms with Crippen molar-refractivity contribution >= 4 is 23.3 Å². The molecule has 0 bridgehead atoms. The molecule has 21 heavy (non-hydrogen) atoms. The van der Waals surface area contributed by atoms with E-state index in [4.69, 9.17) is 16.3 Å². The number of aliphatic carboxylic acids is 1. The molecule has 0 radical (unpaired) electrons. The highest BCUT2D eigenvalue weighted by Gasteiger charge is 2.22. The predicted octanol–water partition coefficient (Wildman–Crippen LogP) is 3.73. The summed E-state index contributed by atoms with van der Waals surface area (Å²) in [5, 5.41) is 12.2. The first kappa shape index (κ1) is 15.1. The molecule has 0 aliphatic heterocycles. The third kappa shape index (κ3) is 3.64. The van der Waals surface area contributed by atoms with E-state index in [9.17, 15) is 14.3 Å². The van der Waals surface area contributed by atoms with E-state index in [-0.39, 0.29) is 5.02 Å². The van der Waals surface area contributed by atoms with Crippen LogP contribution in [0.3, 0.4) is 0 Å². The number of ether oxygens (including phenoxy) is 1. The van der Waals surface area contributed by atoms with Crippen molar-refractivity contribution in [3.63, 3.8) is 0 Å². The molecule has 0 amide bonds. The number of anilines is 1. The minimum absolute atomic E-state index is 0.0587. The molecule has 0 saturated heterocycles. The van der Waals surface area contributed by atoms with Gasteiger partial charge < -0.3 is 15.2 Å². The van der Waals surface area contributed by atoms with Crippen LogP contribution in [0, 0.1) is 5.82 Å². The molecule has 0 aromatic heterocycles. The Balaban J connectivity index is 2.28. The fourth-order valence-electron chi connectivity index (χ4n) is 1.86. The summed E-state index contributed by atoms with van der Waals surface area (Å²) in [7, 11) is 1.54. The third-order valence-corrected chi connectivity index (χ3v) is 3.25. The molecule has 4 nitrogen and oxygen atoms in total. The Morgan fingerprint density at radius 3 is 2.48 bits per heavy atom. The van der Waals surface area contributed by atoms with Crippen LogP contribution in [0.2, 0.25) is 5.02 Å². The van der Waals surface area contributed by atoms with E-state index in [2.05, 4.69) is 5.32 Å². The van der Waals surface area contributed by atoms with Crippen LogP contribution in [-0.4, -0.2) is 18.2 Å². The standard InChI is InChI=1S/C15H13ClFNO3/c1-21-11-5-3-10(4-6-11)18-14(15(19)20)12-7-2-9(17)8-13(12)16/h2-8,14,18H,1H3,(H,19,20). The average Bonchev–Trinajstić information content (AvgIpc) is 2.46. The number of methoxy groups -OCH3 is 1. The lowest BCUT2D eigenvalue weighted by Gasteiger charge is -2.17. The topological polar surface area (TPSA) is 58.6 Å². The lowest BCUT2D eigenvalue weighted by atomic mass is 10.1. The highest BCUT2D eigenvalue weighted by molar-refractivity contribution is 6.31. The van der Waals surface area contributed by atoms with Gasteiger partial charge in [0.15, 0.2) is 6.04 Å². The number of carboxylic acid groups (broad SMARTS) is 1. The predicted molar refractivity (Wildman–Crippen MR) is 78.4 cm³/mol. The van der Waals surface area contributed by atoms with E-state index < -0.39 is 17.8 Å². The second kappa shape index (κ2) is 6.45. The summed E-state index contributed by atoms with van der Waals surface area (Å²) in [6.45, 7) is 0. The number of nitrogens with one attached hydrogen (secondary N) is 1. The number of carboxylic acids is 1. The van der Waals surface area contributed by atoms with Crippen LogP contribution in [0.4, 0.5) is 10.1 Å². The SMILES string of the molecule is COc1ccc(NC(C(=O)O)c2ccc(F)cc2Cl)cc1. The Morgan fingerprint density at radius 2 is 1.95 bits per heavy atom. The maximum Gasteiger partial charge on any atom is 0.330 e. The summed E-state index contributed by atoms with van der Waals surface area (Å²) in [6, 6.07) is 9.31. The summed E-state index contributed by atoms with van der Waals surface area (Å²) < 4.78 is 18.1. The molecule has 0 fully saturated rings. The van der Waals surface area contributed by atoms with Crippen LogP contribution in [0.15, 0.2) is 42.5 Å². The van der Waals surface area contributed by atoms with Gasteiger partial charge >= 0.3 is 5.97 Å². The molecular weight excluding hydrogens is 297 g/mol. The minimum atomic E-state index is -1.11. The summed E-state index contributed by atoms with van der Waals surface area (Å²) >= 11 is 5.92. The fourth-order valence-corrected chi connectivity index (χ4v) is 2.14. The maximum atomic E-state index is 13.1. The van der Waals surface area contributed by atoms with Crippen molar-refractivity contribution < 1.29 is 19.0 Å². The van der Waals surface area contributed by atoms with Crippen LogP contribution in [-0.2, 0) is 4.79 Å². The van der Waals surface area contributed by atoms with Gasteiger partial charge in [0.1, 0.15) is 11.6 Å². The van der Waals surface area contributed by atoms with Crippen molar-refractivity contribution in [1.29, 1.82) is 0 Å². The van der Waals surface area contributed by atoms with Gasteiger partial charge in [-0.25, -0.2) is 9.18 Å². The number of hydrogen-bond donors (Lipinski definition) is 2. The van der Waals surface area contributed by atoms with Crippen LogP contribution in [0.25, 0.3) is 0 Å². The van der Waals surface area contributed by atoms with Crippen molar-refractivity contribution in [2.75, 3.05) is 12.4 Å². The third-order valence-electron chi connectivity index (χ3n) is 2.92. The van der Waals surface area contributed by atoms with Crippen LogP contribution in [0.5, 0.6) is 5.75 Å². The first-order valence-corrected chi connectivity index (χ1v) is 6.47. The van der Waals surface area contributed by atoms with Gasteiger partial charge in [-0.05, 0) is 36.4 Å². The summed E-state index contributed by atoms with van der Waals surface area (Å²) in [5.74, 6) is -0.969. The zero-order valence-electron chi connectivity index (χ0n) is 11.1. The Kier molecular flexibility index (Phi) is 4.65. The van der Waals surface area contributed by atoms with Crippen LogP contribution in [0.1, 0.15) is 11.6 Å². The molecule has 0 saturated carbocycles. The van der Waals surface area contributed by atoms with E-state index in [0.29, 0.717) is 17.0 Å². The average molecular weight is 310 g/mol. The zero-order chi connectivity index (χ0) is 15.4. The molecule has 0 aliphatic carbocycles. The second-order valence-corrected chi connectivity index (χ2v) is 4.72. The highest BCUT2D eigenvalue weighted by Crippen LogP contribution is 2.28. The molecule has 0 aliphatic rings. The van der Waals surface area contributed by atoms with Gasteiger partial charge in [0, 0.05) is 16.3 Å². The zero-order valence-corrected chi connectivity index (χ0v) is 11.9. The maximum absolute atomic E-state index is 13.1. The Labute approximate surface area is 126 Å². The van der Waals surface area contributed by atoms with Gasteiger partial charge in [0.05, 0.1) is 7.11 Å². The van der Waals surface area contributed by atoms with E-state index in [1.54, 1.807) is 31.4 Å². The van der Waals surface area contributed by atoms with Gasteiger partial charge in [-0.1, -0.05) is 17.7 Å². The normalized spacial score (nSPS) is 11.8. The molecule has 110 valence electrons. The van der Waals surface area contributed by atoms with Crippen molar-refractivity contribution in [2.45, 2.75) is 6.04 Å². The molecule has 2 aromatic rings. The van der Waals surface area contributed by atoms with Gasteiger partial charge in [-0.3, -0.25) is 0 Å². The monoisotopic (exact) mass is 309 g/mol. The van der Waals surface area contributed by atoms with Gasteiger partial charge in [-0.15, -0.1) is 0 Å². The molecular formula is C15H13ClFNO3. The van der Waals surface area contributed by atoms with Gasteiger partial charge in [0.25, 0.3) is 0 Å². The lowest BCUT2D eigenvalue weighted by molar-refractivity contribution is -0.138. The van der Waals surface area contributed by atoms with E-state index in [1.165, 1.54) is 12.1 Å². The first-order valence-electron chi connectivity index (χ1n) is 6.09. The van der Waals surface area contributed by atoms with Crippen LogP contribution < -0.4 is 10.1 Å². The molecule has 2 aromatic carbocycles. The molecule has 0 heterocycles. The van der Waals surface area contributed by atoms with Gasteiger partial charge in [-0.2, -0.15) is 0 Å². The Bertz CT molecular complexity index is 646. The molecule has 1 atom stereocenters. The number of hydrogen-bond acceptors (Lipinski definition) is 3. The number of benzene rings is 2. The summed E-state index contributed by atoms with van der Waals surface area (Å²) in [4.78, 5) is 11.4. The van der Waals surface area contributed by atoms with Crippen molar-refractivity contribution in [1.82, 2.24) is 0 Å². The summed E-state index contributed by atoms with van der Waals surface area (Å²) in [6.07, 6.45) is 0. The minimum Gasteiger partial charge on any atom is -0.497 e. The van der Waals surface area contributed by atoms with Gasteiger partial charge in [0.2, 0.25) is 0 Å². The number of halogens is 2. The first-order chi connectivity index (χ1) is 10.0.